The average molecular weight is 261 g/mol. The molecule has 1 amide bonds. The fourth-order valence-electron chi connectivity index (χ4n) is 2.06. The Labute approximate surface area is 114 Å². The first-order valence-corrected chi connectivity index (χ1v) is 6.87. The van der Waals surface area contributed by atoms with E-state index in [0.29, 0.717) is 12.1 Å². The first kappa shape index (κ1) is 13.7. The molecule has 1 aliphatic rings. The summed E-state index contributed by atoms with van der Waals surface area (Å²) < 4.78 is 0. The predicted octanol–water partition coefficient (Wildman–Crippen LogP) is 3.00. The van der Waals surface area contributed by atoms with Gasteiger partial charge in [-0.1, -0.05) is 20.8 Å². The maximum absolute atomic E-state index is 11.4. The molecule has 0 spiro atoms. The largest absolute Gasteiger partial charge is 0.397 e. The standard InChI is InChI=1S/C15H23N3O/c1-4-15(2,3)9-17-13-7-10-5-6-14(19)18-12(10)8-11(13)16/h7-8,17H,4-6,9,16H2,1-3H3,(H,18,19). The smallest absolute Gasteiger partial charge is 0.224 e. The Morgan fingerprint density at radius 2 is 2.11 bits per heavy atom. The van der Waals surface area contributed by atoms with Crippen LogP contribution >= 0.6 is 0 Å². The molecule has 0 bridgehead atoms. The number of fused-ring (bicyclic) bond motifs is 1. The first-order valence-electron chi connectivity index (χ1n) is 6.87. The second kappa shape index (κ2) is 5.11. The van der Waals surface area contributed by atoms with Gasteiger partial charge in [0.05, 0.1) is 11.4 Å². The molecule has 4 N–H and O–H groups in total. The summed E-state index contributed by atoms with van der Waals surface area (Å²) in [6.45, 7) is 7.54. The molecule has 0 aromatic heterocycles. The number of anilines is 3. The van der Waals surface area contributed by atoms with Gasteiger partial charge in [0.15, 0.2) is 0 Å². The number of rotatable bonds is 4. The van der Waals surface area contributed by atoms with E-state index in [-0.39, 0.29) is 11.3 Å². The summed E-state index contributed by atoms with van der Waals surface area (Å²) in [6, 6.07) is 3.92. The van der Waals surface area contributed by atoms with Gasteiger partial charge in [-0.25, -0.2) is 0 Å². The lowest BCUT2D eigenvalue weighted by molar-refractivity contribution is -0.116. The molecule has 0 unspecified atom stereocenters. The summed E-state index contributed by atoms with van der Waals surface area (Å²) in [5, 5.41) is 6.29. The van der Waals surface area contributed by atoms with Crippen LogP contribution < -0.4 is 16.4 Å². The van der Waals surface area contributed by atoms with Crippen molar-refractivity contribution in [3.05, 3.63) is 17.7 Å². The SMILES string of the molecule is CCC(C)(C)CNc1cc2c(cc1N)NC(=O)CC2. The fraction of sp³-hybridized carbons (Fsp3) is 0.533. The van der Waals surface area contributed by atoms with Gasteiger partial charge in [0.2, 0.25) is 5.91 Å². The predicted molar refractivity (Wildman–Crippen MR) is 80.4 cm³/mol. The molecule has 0 saturated heterocycles. The molecule has 2 rings (SSSR count). The van der Waals surface area contributed by atoms with Gasteiger partial charge in [-0.3, -0.25) is 4.79 Å². The number of nitrogen functional groups attached to an aromatic ring is 1. The molecule has 4 heteroatoms. The summed E-state index contributed by atoms with van der Waals surface area (Å²) in [5.74, 6) is 0.0692. The van der Waals surface area contributed by atoms with Crippen LogP contribution in [0.3, 0.4) is 0 Å². The van der Waals surface area contributed by atoms with E-state index in [9.17, 15) is 4.79 Å². The number of nitrogens with two attached hydrogens (primary N) is 1. The van der Waals surface area contributed by atoms with Crippen LogP contribution in [-0.2, 0) is 11.2 Å². The number of aryl methyl sites for hydroxylation is 1. The molecule has 1 aliphatic heterocycles. The molecule has 0 aliphatic carbocycles. The lowest BCUT2D eigenvalue weighted by atomic mass is 9.90. The molecule has 1 aromatic carbocycles. The van der Waals surface area contributed by atoms with Crippen molar-refractivity contribution in [3.8, 4) is 0 Å². The summed E-state index contributed by atoms with van der Waals surface area (Å²) in [6.07, 6.45) is 2.45. The molecule has 0 saturated carbocycles. The summed E-state index contributed by atoms with van der Waals surface area (Å²) in [7, 11) is 0. The normalized spacial score (nSPS) is 14.8. The van der Waals surface area contributed by atoms with Crippen molar-refractivity contribution in [3.63, 3.8) is 0 Å². The van der Waals surface area contributed by atoms with Crippen molar-refractivity contribution < 1.29 is 4.79 Å². The van der Waals surface area contributed by atoms with E-state index in [1.807, 2.05) is 6.07 Å². The molecular weight excluding hydrogens is 238 g/mol. The highest BCUT2D eigenvalue weighted by Crippen LogP contribution is 2.32. The van der Waals surface area contributed by atoms with Crippen molar-refractivity contribution in [2.75, 3.05) is 22.9 Å². The Bertz CT molecular complexity index is 494. The molecule has 19 heavy (non-hydrogen) atoms. The molecule has 1 heterocycles. The van der Waals surface area contributed by atoms with E-state index in [4.69, 9.17) is 5.73 Å². The average Bonchev–Trinajstić information content (AvgIpc) is 2.36. The molecule has 104 valence electrons. The van der Waals surface area contributed by atoms with Gasteiger partial charge in [-0.05, 0) is 36.0 Å². The Kier molecular flexibility index (Phi) is 3.69. The fourth-order valence-corrected chi connectivity index (χ4v) is 2.06. The van der Waals surface area contributed by atoms with E-state index in [2.05, 4.69) is 37.5 Å². The Morgan fingerprint density at radius 1 is 1.37 bits per heavy atom. The Morgan fingerprint density at radius 3 is 2.79 bits per heavy atom. The third kappa shape index (κ3) is 3.19. The van der Waals surface area contributed by atoms with E-state index in [0.717, 1.165) is 36.3 Å². The second-order valence-corrected chi connectivity index (χ2v) is 6.02. The van der Waals surface area contributed by atoms with Gasteiger partial charge >= 0.3 is 0 Å². The maximum atomic E-state index is 11.4. The maximum Gasteiger partial charge on any atom is 0.224 e. The zero-order chi connectivity index (χ0) is 14.0. The topological polar surface area (TPSA) is 67.2 Å². The van der Waals surface area contributed by atoms with Gasteiger partial charge < -0.3 is 16.4 Å². The van der Waals surface area contributed by atoms with Crippen LogP contribution in [-0.4, -0.2) is 12.5 Å². The zero-order valence-corrected chi connectivity index (χ0v) is 12.0. The van der Waals surface area contributed by atoms with Crippen molar-refractivity contribution in [2.24, 2.45) is 5.41 Å². The molecule has 0 radical (unpaired) electrons. The quantitative estimate of drug-likeness (QED) is 0.730. The van der Waals surface area contributed by atoms with Crippen molar-refractivity contribution in [2.45, 2.75) is 40.0 Å². The monoisotopic (exact) mass is 261 g/mol. The third-order valence-corrected chi connectivity index (χ3v) is 3.89. The number of amides is 1. The lowest BCUT2D eigenvalue weighted by Gasteiger charge is -2.25. The van der Waals surface area contributed by atoms with Crippen molar-refractivity contribution in [1.82, 2.24) is 0 Å². The molecule has 0 fully saturated rings. The third-order valence-electron chi connectivity index (χ3n) is 3.89. The van der Waals surface area contributed by atoms with Gasteiger partial charge in [0.1, 0.15) is 0 Å². The molecule has 1 aromatic rings. The molecular formula is C15H23N3O. The molecule has 0 atom stereocenters. The minimum absolute atomic E-state index is 0.0692. The number of nitrogens with one attached hydrogen (secondary N) is 2. The van der Waals surface area contributed by atoms with Crippen LogP contribution in [0.5, 0.6) is 0 Å². The minimum atomic E-state index is 0.0692. The van der Waals surface area contributed by atoms with Crippen LogP contribution in [0.25, 0.3) is 0 Å². The number of carbonyl (C=O) groups is 1. The van der Waals surface area contributed by atoms with Crippen LogP contribution in [0.15, 0.2) is 12.1 Å². The van der Waals surface area contributed by atoms with Crippen LogP contribution in [0.1, 0.15) is 39.2 Å². The molecule has 4 nitrogen and oxygen atoms in total. The van der Waals surface area contributed by atoms with Crippen molar-refractivity contribution in [1.29, 1.82) is 0 Å². The number of hydrogen-bond donors (Lipinski definition) is 3. The van der Waals surface area contributed by atoms with E-state index in [1.54, 1.807) is 0 Å². The Balaban J connectivity index is 2.16. The summed E-state index contributed by atoms with van der Waals surface area (Å²) in [4.78, 5) is 11.4. The number of carbonyl (C=O) groups excluding carboxylic acids is 1. The second-order valence-electron chi connectivity index (χ2n) is 6.02. The zero-order valence-electron chi connectivity index (χ0n) is 12.0. The van der Waals surface area contributed by atoms with Gasteiger partial charge in [0, 0.05) is 18.7 Å². The van der Waals surface area contributed by atoms with Crippen LogP contribution in [0.2, 0.25) is 0 Å². The first-order chi connectivity index (χ1) is 8.91. The van der Waals surface area contributed by atoms with Crippen LogP contribution in [0, 0.1) is 5.41 Å². The summed E-state index contributed by atoms with van der Waals surface area (Å²) in [5.41, 5.74) is 9.96. The van der Waals surface area contributed by atoms with E-state index < -0.39 is 0 Å². The van der Waals surface area contributed by atoms with E-state index in [1.165, 1.54) is 0 Å². The van der Waals surface area contributed by atoms with E-state index >= 15 is 0 Å². The number of benzene rings is 1. The van der Waals surface area contributed by atoms with Gasteiger partial charge in [-0.2, -0.15) is 0 Å². The van der Waals surface area contributed by atoms with Crippen LogP contribution in [0.4, 0.5) is 17.1 Å². The van der Waals surface area contributed by atoms with Gasteiger partial charge in [-0.15, -0.1) is 0 Å². The summed E-state index contributed by atoms with van der Waals surface area (Å²) >= 11 is 0. The lowest BCUT2D eigenvalue weighted by Crippen LogP contribution is -2.23. The highest BCUT2D eigenvalue weighted by atomic mass is 16.1. The minimum Gasteiger partial charge on any atom is -0.397 e. The number of hydrogen-bond acceptors (Lipinski definition) is 3. The highest BCUT2D eigenvalue weighted by Gasteiger charge is 2.18. The van der Waals surface area contributed by atoms with Gasteiger partial charge in [0.25, 0.3) is 0 Å². The highest BCUT2D eigenvalue weighted by molar-refractivity contribution is 5.95. The van der Waals surface area contributed by atoms with Crippen molar-refractivity contribution >= 4 is 23.0 Å². The Hall–Kier alpha value is -1.71.